The Morgan fingerprint density at radius 2 is 1.50 bits per heavy atom. The third kappa shape index (κ3) is 5.96. The van der Waals surface area contributed by atoms with Gasteiger partial charge in [-0.2, -0.15) is 0 Å². The molecule has 0 saturated carbocycles. The first-order valence-electron chi connectivity index (χ1n) is 1.24. The van der Waals surface area contributed by atoms with Crippen molar-refractivity contribution in [2.24, 2.45) is 0 Å². The predicted octanol–water partition coefficient (Wildman–Crippen LogP) is 1.91. The molecule has 0 aromatic heterocycles. The molecule has 0 rings (SSSR count). The maximum atomic E-state index is 9.88. The van der Waals surface area contributed by atoms with Crippen LogP contribution in [0.1, 0.15) is 0 Å². The minimum Gasteiger partial charge on any atom is -0.479 e. The molecule has 0 heterocycles. The van der Waals surface area contributed by atoms with Gasteiger partial charge in [0.05, 0.1) is 0 Å². The SMILES string of the molecule is O=C(O)C(Br)(Br)Br.[Cd]. The Morgan fingerprint density at radius 1 is 1.38 bits per heavy atom. The number of carboxylic acids is 1. The number of carboxylic acid groups (broad SMARTS) is 1. The van der Waals surface area contributed by atoms with Crippen molar-refractivity contribution < 1.29 is 37.2 Å². The van der Waals surface area contributed by atoms with Crippen LogP contribution in [0.15, 0.2) is 0 Å². The maximum absolute atomic E-state index is 9.88. The van der Waals surface area contributed by atoms with Gasteiger partial charge in [-0.25, -0.2) is 4.79 Å². The van der Waals surface area contributed by atoms with Crippen LogP contribution in [-0.4, -0.2) is 13.2 Å². The molecule has 2 nitrogen and oxygen atoms in total. The van der Waals surface area contributed by atoms with Crippen LogP contribution in [0.3, 0.4) is 0 Å². The minimum atomic E-state index is -1.15. The zero-order valence-corrected chi connectivity index (χ0v) is 12.5. The van der Waals surface area contributed by atoms with Gasteiger partial charge in [-0.05, 0) is 47.8 Å². The molecule has 0 aliphatic rings. The Morgan fingerprint density at radius 3 is 1.50 bits per heavy atom. The van der Waals surface area contributed by atoms with Gasteiger partial charge in [0.15, 0.2) is 0 Å². The van der Waals surface area contributed by atoms with Crippen LogP contribution >= 0.6 is 47.8 Å². The second kappa shape index (κ2) is 4.62. The molecule has 0 aliphatic carbocycles. The third-order valence-corrected chi connectivity index (χ3v) is 1.26. The molecule has 8 heavy (non-hydrogen) atoms. The Hall–Kier alpha value is 1.83. The van der Waals surface area contributed by atoms with Crippen molar-refractivity contribution in [3.05, 3.63) is 0 Å². The third-order valence-electron chi connectivity index (χ3n) is 0.243. The smallest absolute Gasteiger partial charge is 0.342 e. The van der Waals surface area contributed by atoms with Gasteiger partial charge < -0.3 is 5.11 Å². The van der Waals surface area contributed by atoms with E-state index in [4.69, 9.17) is 5.11 Å². The van der Waals surface area contributed by atoms with E-state index in [-0.39, 0.29) is 27.3 Å². The van der Waals surface area contributed by atoms with Crippen molar-refractivity contribution in [2.75, 3.05) is 0 Å². The molecule has 0 atom stereocenters. The summed E-state index contributed by atoms with van der Waals surface area (Å²) in [5.41, 5.74) is 0. The van der Waals surface area contributed by atoms with Gasteiger partial charge in [-0.1, -0.05) is 0 Å². The van der Waals surface area contributed by atoms with Crippen molar-refractivity contribution in [3.63, 3.8) is 0 Å². The van der Waals surface area contributed by atoms with Gasteiger partial charge in [-0.3, -0.25) is 0 Å². The van der Waals surface area contributed by atoms with Crippen LogP contribution in [0, 0.1) is 0 Å². The van der Waals surface area contributed by atoms with Gasteiger partial charge in [0.2, 0.25) is 2.14 Å². The van der Waals surface area contributed by atoms with Gasteiger partial charge in [0.25, 0.3) is 0 Å². The van der Waals surface area contributed by atoms with Crippen LogP contribution in [0.25, 0.3) is 0 Å². The molecule has 0 saturated heterocycles. The first kappa shape index (κ1) is 12.5. The summed E-state index contributed by atoms with van der Waals surface area (Å²) >= 11 is 8.33. The van der Waals surface area contributed by atoms with E-state index in [0.717, 1.165) is 0 Å². The summed E-state index contributed by atoms with van der Waals surface area (Å²) in [5.74, 6) is -1.01. The average molecular weight is 409 g/mol. The first-order valence-corrected chi connectivity index (χ1v) is 3.62. The normalized spacial score (nSPS) is 9.88. The van der Waals surface area contributed by atoms with Gasteiger partial charge in [0.1, 0.15) is 0 Å². The molecule has 0 radical (unpaired) electrons. The van der Waals surface area contributed by atoms with E-state index in [1.165, 1.54) is 0 Å². The summed E-state index contributed by atoms with van der Waals surface area (Å²) in [6, 6.07) is 0. The molecule has 0 amide bonds. The zero-order chi connectivity index (χ0) is 6.08. The fourth-order valence-electron chi connectivity index (χ4n) is 0. The maximum Gasteiger partial charge on any atom is 0.342 e. The van der Waals surface area contributed by atoms with Crippen LogP contribution in [0.5, 0.6) is 0 Å². The number of hydrogen-bond acceptors (Lipinski definition) is 1. The van der Waals surface area contributed by atoms with E-state index in [0.29, 0.717) is 0 Å². The number of halogens is 3. The minimum absolute atomic E-state index is 0. The summed E-state index contributed by atoms with van der Waals surface area (Å²) in [5, 5.41) is 8.11. The molecule has 0 aromatic carbocycles. The monoisotopic (exact) mass is 408 g/mol. The molecular weight excluding hydrogens is 408 g/mol. The van der Waals surface area contributed by atoms with Crippen LogP contribution < -0.4 is 0 Å². The van der Waals surface area contributed by atoms with E-state index in [9.17, 15) is 4.79 Å². The second-order valence-electron chi connectivity index (χ2n) is 0.803. The number of hydrogen-bond donors (Lipinski definition) is 1. The number of alkyl halides is 3. The Labute approximate surface area is 91.9 Å². The van der Waals surface area contributed by atoms with E-state index in [1.54, 1.807) is 0 Å². The van der Waals surface area contributed by atoms with E-state index >= 15 is 0 Å². The summed E-state index contributed by atoms with van der Waals surface area (Å²) in [7, 11) is 0. The van der Waals surface area contributed by atoms with Crippen molar-refractivity contribution >= 4 is 53.8 Å². The number of aliphatic carboxylic acids is 1. The fourth-order valence-corrected chi connectivity index (χ4v) is 0. The van der Waals surface area contributed by atoms with Crippen molar-refractivity contribution in [2.45, 2.75) is 2.14 Å². The Kier molecular flexibility index (Phi) is 7.22. The van der Waals surface area contributed by atoms with E-state index in [1.807, 2.05) is 0 Å². The summed E-state index contributed by atoms with van der Waals surface area (Å²) in [6.45, 7) is 0. The zero-order valence-electron chi connectivity index (χ0n) is 3.70. The molecule has 1 N–H and O–H groups in total. The van der Waals surface area contributed by atoms with E-state index in [2.05, 4.69) is 47.8 Å². The first-order chi connectivity index (χ1) is 2.94. The van der Waals surface area contributed by atoms with Gasteiger partial charge in [0, 0.05) is 27.3 Å². The summed E-state index contributed by atoms with van der Waals surface area (Å²) < 4.78 is -1.15. The fraction of sp³-hybridized carbons (Fsp3) is 0.500. The van der Waals surface area contributed by atoms with Crippen molar-refractivity contribution in [3.8, 4) is 0 Å². The van der Waals surface area contributed by atoms with Gasteiger partial charge in [-0.15, -0.1) is 0 Å². The van der Waals surface area contributed by atoms with Crippen LogP contribution in [0.4, 0.5) is 0 Å². The molecule has 0 fully saturated rings. The van der Waals surface area contributed by atoms with Crippen molar-refractivity contribution in [1.29, 1.82) is 0 Å². The standard InChI is InChI=1S/C2HBr3O2.Cd/c3-2(4,5)1(6)7;/h(H,6,7);. The van der Waals surface area contributed by atoms with Crippen molar-refractivity contribution in [1.82, 2.24) is 0 Å². The molecule has 0 bridgehead atoms. The molecule has 0 spiro atoms. The second-order valence-corrected chi connectivity index (χ2v) is 7.56. The summed E-state index contributed by atoms with van der Waals surface area (Å²) in [4.78, 5) is 9.88. The molecule has 0 aromatic rings. The Balaban J connectivity index is 0. The molecule has 0 aliphatic heterocycles. The van der Waals surface area contributed by atoms with Crippen LogP contribution in [-0.2, 0) is 32.1 Å². The van der Waals surface area contributed by atoms with Gasteiger partial charge >= 0.3 is 5.97 Å². The topological polar surface area (TPSA) is 37.3 Å². The molecule has 0 unspecified atom stereocenters. The van der Waals surface area contributed by atoms with E-state index < -0.39 is 8.11 Å². The molecule has 6 heteroatoms. The Bertz CT molecular complexity index is 87.8. The molecular formula is C2HBr3CdO2. The molecule has 44 valence electrons. The van der Waals surface area contributed by atoms with Crippen LogP contribution in [0.2, 0.25) is 0 Å². The predicted molar refractivity (Wildman–Crippen MR) is 37.1 cm³/mol. The average Bonchev–Trinajstić information content (AvgIpc) is 1.31. The quantitative estimate of drug-likeness (QED) is 0.491. The summed E-state index contributed by atoms with van der Waals surface area (Å²) in [6.07, 6.45) is 0. The largest absolute Gasteiger partial charge is 0.479 e. The number of rotatable bonds is 0. The number of carbonyl (C=O) groups is 1.